The fraction of sp³-hybridized carbons (Fsp3) is 0.233. The molecular formula is C30H32N4OS. The van der Waals surface area contributed by atoms with Crippen molar-refractivity contribution in [2.75, 3.05) is 18.5 Å². The zero-order chi connectivity index (χ0) is 25.3. The summed E-state index contributed by atoms with van der Waals surface area (Å²) < 4.78 is 0. The molecule has 0 aliphatic carbocycles. The maximum Gasteiger partial charge on any atom is 0.251 e. The van der Waals surface area contributed by atoms with Crippen LogP contribution in [0.5, 0.6) is 0 Å². The number of rotatable bonds is 10. The highest BCUT2D eigenvalue weighted by Crippen LogP contribution is 2.28. The Morgan fingerprint density at radius 1 is 0.889 bits per heavy atom. The van der Waals surface area contributed by atoms with Crippen molar-refractivity contribution < 1.29 is 4.79 Å². The van der Waals surface area contributed by atoms with Crippen molar-refractivity contribution in [3.8, 4) is 11.3 Å². The summed E-state index contributed by atoms with van der Waals surface area (Å²) in [7, 11) is 2.05. The highest BCUT2D eigenvalue weighted by atomic mass is 32.2. The smallest absolute Gasteiger partial charge is 0.251 e. The molecule has 1 amide bonds. The van der Waals surface area contributed by atoms with E-state index in [4.69, 9.17) is 9.97 Å². The average molecular weight is 497 g/mol. The second-order valence-electron chi connectivity index (χ2n) is 9.19. The minimum Gasteiger partial charge on any atom is -0.355 e. The highest BCUT2D eigenvalue weighted by molar-refractivity contribution is 7.98. The lowest BCUT2D eigenvalue weighted by Gasteiger charge is -2.20. The van der Waals surface area contributed by atoms with E-state index in [9.17, 15) is 4.79 Å². The average Bonchev–Trinajstić information content (AvgIpc) is 2.91. The van der Waals surface area contributed by atoms with Crippen molar-refractivity contribution in [2.24, 2.45) is 5.92 Å². The van der Waals surface area contributed by atoms with Gasteiger partial charge in [0.05, 0.1) is 5.69 Å². The van der Waals surface area contributed by atoms with Crippen molar-refractivity contribution in [3.05, 3.63) is 108 Å². The summed E-state index contributed by atoms with van der Waals surface area (Å²) >= 11 is 1.58. The van der Waals surface area contributed by atoms with Gasteiger partial charge in [-0.2, -0.15) is 0 Å². The Labute approximate surface area is 218 Å². The first-order chi connectivity index (χ1) is 17.5. The quantitative estimate of drug-likeness (QED) is 0.202. The lowest BCUT2D eigenvalue weighted by Crippen LogP contribution is -2.27. The summed E-state index contributed by atoms with van der Waals surface area (Å²) in [6.45, 7) is 5.59. The Morgan fingerprint density at radius 3 is 2.31 bits per heavy atom. The summed E-state index contributed by atoms with van der Waals surface area (Å²) in [6, 6.07) is 30.4. The van der Waals surface area contributed by atoms with Crippen LogP contribution in [0.2, 0.25) is 0 Å². The molecule has 0 radical (unpaired) electrons. The first-order valence-corrected chi connectivity index (χ1v) is 13.2. The number of thioether (sulfide) groups is 1. The number of hydrogen-bond donors (Lipinski definition) is 1. The molecule has 0 aliphatic rings. The fourth-order valence-corrected chi connectivity index (χ4v) is 4.51. The van der Waals surface area contributed by atoms with Gasteiger partial charge >= 0.3 is 0 Å². The van der Waals surface area contributed by atoms with Gasteiger partial charge < -0.3 is 10.2 Å². The monoisotopic (exact) mass is 496 g/mol. The summed E-state index contributed by atoms with van der Waals surface area (Å²) in [6.07, 6.45) is 0. The van der Waals surface area contributed by atoms with Gasteiger partial charge in [-0.1, -0.05) is 98.4 Å². The van der Waals surface area contributed by atoms with Crippen LogP contribution < -0.4 is 10.2 Å². The largest absolute Gasteiger partial charge is 0.355 e. The molecule has 184 valence electrons. The summed E-state index contributed by atoms with van der Waals surface area (Å²) in [5.74, 6) is 1.92. The Morgan fingerprint density at radius 2 is 1.58 bits per heavy atom. The molecule has 0 atom stereocenters. The van der Waals surface area contributed by atoms with Crippen molar-refractivity contribution in [1.82, 2.24) is 15.3 Å². The molecule has 1 aromatic heterocycles. The maximum atomic E-state index is 12.5. The van der Waals surface area contributed by atoms with Crippen LogP contribution in [0.1, 0.15) is 35.3 Å². The van der Waals surface area contributed by atoms with Crippen molar-refractivity contribution in [2.45, 2.75) is 31.3 Å². The number of benzene rings is 3. The van der Waals surface area contributed by atoms with Gasteiger partial charge in [-0.25, -0.2) is 9.97 Å². The van der Waals surface area contributed by atoms with Crippen molar-refractivity contribution >= 4 is 23.5 Å². The minimum absolute atomic E-state index is 0.0392. The van der Waals surface area contributed by atoms with E-state index in [0.29, 0.717) is 28.9 Å². The number of carbonyl (C=O) groups is 1. The van der Waals surface area contributed by atoms with Crippen LogP contribution in [0.25, 0.3) is 11.3 Å². The normalized spacial score (nSPS) is 10.9. The van der Waals surface area contributed by atoms with Crippen LogP contribution in [-0.2, 0) is 12.3 Å². The predicted octanol–water partition coefficient (Wildman–Crippen LogP) is 6.46. The van der Waals surface area contributed by atoms with E-state index in [1.807, 2.05) is 54.6 Å². The highest BCUT2D eigenvalue weighted by Gasteiger charge is 2.12. The Kier molecular flexibility index (Phi) is 8.74. The molecule has 36 heavy (non-hydrogen) atoms. The standard InChI is InChI=1S/C30H32N4OS/c1-22(2)19-31-29(35)26-16-10-13-24(17-26)21-36-30-32-27(25-14-8-5-9-15-25)18-28(33-30)34(3)20-23-11-6-4-7-12-23/h4-18,22H,19-21H2,1-3H3,(H,31,35). The van der Waals surface area contributed by atoms with Gasteiger partial charge in [0.2, 0.25) is 0 Å². The number of anilines is 1. The molecule has 0 saturated carbocycles. The van der Waals surface area contributed by atoms with Gasteiger partial charge in [0.15, 0.2) is 5.16 Å². The molecule has 5 nitrogen and oxygen atoms in total. The molecule has 1 heterocycles. The number of nitrogens with zero attached hydrogens (tertiary/aromatic N) is 3. The van der Waals surface area contributed by atoms with Crippen LogP contribution in [0.3, 0.4) is 0 Å². The first-order valence-electron chi connectivity index (χ1n) is 12.2. The number of hydrogen-bond acceptors (Lipinski definition) is 5. The van der Waals surface area contributed by atoms with Crippen LogP contribution in [0, 0.1) is 5.92 Å². The summed E-state index contributed by atoms with van der Waals surface area (Å²) in [5, 5.41) is 3.70. The Bertz CT molecular complexity index is 1280. The lowest BCUT2D eigenvalue weighted by atomic mass is 10.1. The van der Waals surface area contributed by atoms with E-state index in [1.54, 1.807) is 11.8 Å². The van der Waals surface area contributed by atoms with Gasteiger partial charge in [-0.05, 0) is 29.2 Å². The van der Waals surface area contributed by atoms with Gasteiger partial charge in [0.1, 0.15) is 5.82 Å². The molecule has 6 heteroatoms. The van der Waals surface area contributed by atoms with Crippen LogP contribution in [-0.4, -0.2) is 29.5 Å². The van der Waals surface area contributed by atoms with Gasteiger partial charge in [0, 0.05) is 43.1 Å². The molecular weight excluding hydrogens is 464 g/mol. The molecule has 0 spiro atoms. The molecule has 0 saturated heterocycles. The molecule has 4 rings (SSSR count). The van der Waals surface area contributed by atoms with E-state index in [-0.39, 0.29) is 5.91 Å². The van der Waals surface area contributed by atoms with E-state index in [0.717, 1.165) is 29.2 Å². The third-order valence-electron chi connectivity index (χ3n) is 5.64. The molecule has 1 N–H and O–H groups in total. The summed E-state index contributed by atoms with van der Waals surface area (Å²) in [4.78, 5) is 24.4. The van der Waals surface area contributed by atoms with Crippen molar-refractivity contribution in [1.29, 1.82) is 0 Å². The number of aromatic nitrogens is 2. The zero-order valence-corrected chi connectivity index (χ0v) is 21.8. The molecule has 0 aliphatic heterocycles. The minimum atomic E-state index is -0.0392. The number of nitrogens with one attached hydrogen (secondary N) is 1. The van der Waals surface area contributed by atoms with Gasteiger partial charge in [-0.3, -0.25) is 4.79 Å². The third-order valence-corrected chi connectivity index (χ3v) is 6.56. The van der Waals surface area contributed by atoms with Gasteiger partial charge in [0.25, 0.3) is 5.91 Å². The van der Waals surface area contributed by atoms with Crippen molar-refractivity contribution in [3.63, 3.8) is 0 Å². The first kappa shape index (κ1) is 25.5. The zero-order valence-electron chi connectivity index (χ0n) is 21.0. The molecule has 4 aromatic rings. The maximum absolute atomic E-state index is 12.5. The van der Waals surface area contributed by atoms with Gasteiger partial charge in [-0.15, -0.1) is 0 Å². The predicted molar refractivity (Wildman–Crippen MR) is 149 cm³/mol. The number of carbonyl (C=O) groups excluding carboxylic acids is 1. The van der Waals surface area contributed by atoms with E-state index < -0.39 is 0 Å². The third kappa shape index (κ3) is 7.18. The molecule has 3 aromatic carbocycles. The topological polar surface area (TPSA) is 58.1 Å². The second kappa shape index (κ2) is 12.4. The van der Waals surface area contributed by atoms with Crippen LogP contribution in [0.4, 0.5) is 5.82 Å². The van der Waals surface area contributed by atoms with E-state index in [1.165, 1.54) is 5.56 Å². The lowest BCUT2D eigenvalue weighted by molar-refractivity contribution is 0.0949. The second-order valence-corrected chi connectivity index (χ2v) is 10.1. The summed E-state index contributed by atoms with van der Waals surface area (Å²) in [5.41, 5.74) is 4.91. The molecule has 0 unspecified atom stereocenters. The number of amides is 1. The van der Waals surface area contributed by atoms with Crippen LogP contribution >= 0.6 is 11.8 Å². The fourth-order valence-electron chi connectivity index (χ4n) is 3.72. The Balaban J connectivity index is 1.54. The van der Waals surface area contributed by atoms with E-state index in [2.05, 4.69) is 67.5 Å². The molecule has 0 bridgehead atoms. The molecule has 0 fully saturated rings. The van der Waals surface area contributed by atoms with E-state index >= 15 is 0 Å². The Hall–Kier alpha value is -3.64. The SMILES string of the molecule is CC(C)CNC(=O)c1cccc(CSc2nc(-c3ccccc3)cc(N(C)Cc3ccccc3)n2)c1. The van der Waals surface area contributed by atoms with Crippen LogP contribution in [0.15, 0.2) is 96.2 Å².